The third-order valence-electron chi connectivity index (χ3n) is 8.37. The molecule has 240 valence electrons. The predicted octanol–water partition coefficient (Wildman–Crippen LogP) is 6.95. The molecule has 3 heterocycles. The Kier molecular flexibility index (Phi) is 11.1. The molecule has 0 aliphatic carbocycles. The van der Waals surface area contributed by atoms with E-state index < -0.39 is 11.7 Å². The molecular weight excluding hydrogens is 606 g/mol. The van der Waals surface area contributed by atoms with Crippen LogP contribution in [0.2, 0.25) is 0 Å². The highest BCUT2D eigenvalue weighted by atomic mass is 32.1. The second-order valence-electron chi connectivity index (χ2n) is 11.7. The molecule has 2 aliphatic rings. The van der Waals surface area contributed by atoms with Crippen molar-refractivity contribution in [3.05, 3.63) is 98.9 Å². The van der Waals surface area contributed by atoms with Crippen LogP contribution in [0.5, 0.6) is 5.75 Å². The molecule has 6 rings (SSSR count). The van der Waals surface area contributed by atoms with Gasteiger partial charge in [0.15, 0.2) is 5.78 Å². The zero-order chi connectivity index (χ0) is 31.8. The summed E-state index contributed by atoms with van der Waals surface area (Å²) >= 11 is 1.14. The molecule has 3 aromatic carbocycles. The van der Waals surface area contributed by atoms with E-state index in [0.29, 0.717) is 36.2 Å². The van der Waals surface area contributed by atoms with Crippen molar-refractivity contribution in [1.29, 1.82) is 0 Å². The maximum atomic E-state index is 13.0. The van der Waals surface area contributed by atoms with Crippen molar-refractivity contribution in [2.45, 2.75) is 38.3 Å². The van der Waals surface area contributed by atoms with Gasteiger partial charge in [-0.1, -0.05) is 23.5 Å². The molecule has 2 saturated heterocycles. The lowest BCUT2D eigenvalue weighted by Crippen LogP contribution is -2.35. The van der Waals surface area contributed by atoms with E-state index in [4.69, 9.17) is 4.74 Å². The summed E-state index contributed by atoms with van der Waals surface area (Å²) < 4.78 is 56.2. The maximum absolute atomic E-state index is 13.0. The lowest BCUT2D eigenvalue weighted by Gasteiger charge is -2.31. The molecular formula is C34H37F4N3O3S. The van der Waals surface area contributed by atoms with E-state index in [9.17, 15) is 27.2 Å². The molecule has 1 atom stereocenters. The second-order valence-corrected chi connectivity index (χ2v) is 12.7. The quantitative estimate of drug-likeness (QED) is 0.153. The number of carbonyl (C=O) groups excluding carboxylic acids is 1. The van der Waals surface area contributed by atoms with Crippen molar-refractivity contribution in [1.82, 2.24) is 15.2 Å². The highest BCUT2D eigenvalue weighted by Crippen LogP contribution is 2.30. The Morgan fingerprint density at radius 3 is 2.36 bits per heavy atom. The first-order chi connectivity index (χ1) is 21.6. The summed E-state index contributed by atoms with van der Waals surface area (Å²) in [5.41, 5.74) is 2.01. The molecule has 1 unspecified atom stereocenters. The summed E-state index contributed by atoms with van der Waals surface area (Å²) in [6, 6.07) is 17.0. The van der Waals surface area contributed by atoms with Gasteiger partial charge in [-0.3, -0.25) is 9.59 Å². The van der Waals surface area contributed by atoms with E-state index in [0.717, 1.165) is 92.1 Å². The van der Waals surface area contributed by atoms with E-state index >= 15 is 0 Å². The van der Waals surface area contributed by atoms with Crippen LogP contribution >= 0.6 is 11.3 Å². The number of nitrogens with one attached hydrogen (secondary N) is 2. The average Bonchev–Trinajstić information content (AvgIpc) is 3.69. The van der Waals surface area contributed by atoms with Gasteiger partial charge in [0, 0.05) is 31.0 Å². The zero-order valence-corrected chi connectivity index (χ0v) is 25.7. The first kappa shape index (κ1) is 32.8. The lowest BCUT2D eigenvalue weighted by atomic mass is 9.90. The minimum Gasteiger partial charge on any atom is -0.493 e. The number of hydrogen-bond acceptors (Lipinski definition) is 6. The molecule has 4 aromatic rings. The number of aromatic nitrogens is 1. The highest BCUT2D eigenvalue weighted by Gasteiger charge is 2.30. The Balaban J connectivity index is 0.000000201. The van der Waals surface area contributed by atoms with Crippen LogP contribution in [0.1, 0.15) is 47.2 Å². The third kappa shape index (κ3) is 9.72. The Morgan fingerprint density at radius 2 is 1.69 bits per heavy atom. The Morgan fingerprint density at radius 1 is 0.956 bits per heavy atom. The number of Topliss-reactive ketones (excluding diaryl/α,β-unsaturated/α-hetero) is 1. The van der Waals surface area contributed by atoms with Crippen LogP contribution < -0.4 is 14.9 Å². The Bertz CT molecular complexity index is 1590. The van der Waals surface area contributed by atoms with Crippen LogP contribution in [0, 0.1) is 17.7 Å². The summed E-state index contributed by atoms with van der Waals surface area (Å²) in [5, 5.41) is 3.21. The molecule has 0 spiro atoms. The highest BCUT2D eigenvalue weighted by molar-refractivity contribution is 7.16. The van der Waals surface area contributed by atoms with Gasteiger partial charge in [0.2, 0.25) is 0 Å². The van der Waals surface area contributed by atoms with Crippen LogP contribution in [-0.2, 0) is 12.6 Å². The van der Waals surface area contributed by atoms with Gasteiger partial charge < -0.3 is 19.9 Å². The van der Waals surface area contributed by atoms with Gasteiger partial charge in [0.25, 0.3) is 0 Å². The van der Waals surface area contributed by atoms with Crippen molar-refractivity contribution in [3.8, 4) is 5.75 Å². The normalized spacial score (nSPS) is 17.6. The fourth-order valence-corrected chi connectivity index (χ4v) is 6.48. The predicted molar refractivity (Wildman–Crippen MR) is 169 cm³/mol. The molecule has 0 bridgehead atoms. The molecule has 2 aliphatic heterocycles. The number of hydrogen-bond donors (Lipinski definition) is 2. The van der Waals surface area contributed by atoms with Crippen molar-refractivity contribution in [3.63, 3.8) is 0 Å². The summed E-state index contributed by atoms with van der Waals surface area (Å²) in [6.45, 7) is 5.22. The number of nitrogens with zero attached hydrogens (tertiary/aromatic N) is 1. The van der Waals surface area contributed by atoms with Gasteiger partial charge in [-0.15, -0.1) is 0 Å². The van der Waals surface area contributed by atoms with Gasteiger partial charge in [0.1, 0.15) is 11.6 Å². The first-order valence-electron chi connectivity index (χ1n) is 15.3. The largest absolute Gasteiger partial charge is 0.493 e. The molecule has 0 radical (unpaired) electrons. The maximum Gasteiger partial charge on any atom is 0.416 e. The fraction of sp³-hybridized carbons (Fsp3) is 0.412. The number of alkyl halides is 3. The van der Waals surface area contributed by atoms with Gasteiger partial charge in [-0.25, -0.2) is 4.39 Å². The smallest absolute Gasteiger partial charge is 0.416 e. The summed E-state index contributed by atoms with van der Waals surface area (Å²) in [7, 11) is 0. The van der Waals surface area contributed by atoms with Crippen LogP contribution in [0.15, 0.2) is 71.5 Å². The van der Waals surface area contributed by atoms with E-state index in [1.807, 2.05) is 18.2 Å². The zero-order valence-electron chi connectivity index (χ0n) is 24.9. The van der Waals surface area contributed by atoms with E-state index in [2.05, 4.69) is 15.2 Å². The van der Waals surface area contributed by atoms with Crippen LogP contribution in [-0.4, -0.2) is 55.0 Å². The number of thiazole rings is 1. The number of H-pyrrole nitrogens is 1. The van der Waals surface area contributed by atoms with Crippen LogP contribution in [0.3, 0.4) is 0 Å². The van der Waals surface area contributed by atoms with Crippen molar-refractivity contribution in [2.24, 2.45) is 11.8 Å². The number of fused-ring (bicyclic) bond motifs is 1. The standard InChI is InChI=1S/C22H23FN2O2S.C12H14F3NO/c23-18-4-1-15(2-5-18)13-16-7-10-25(11-8-16)12-9-20(26)17-3-6-19-21(14-17)28-22(27)24-19;13-12(14,15)10-1-3-11(4-2-10)17-8-9-5-6-16-7-9/h1-6,14,16H,7-13H2,(H,24,27);1-4,9,16H,5-8H2. The number of ketones is 1. The molecule has 11 heteroatoms. The van der Waals surface area contributed by atoms with Gasteiger partial charge in [-0.2, -0.15) is 13.2 Å². The minimum absolute atomic E-state index is 0.0943. The summed E-state index contributed by atoms with van der Waals surface area (Å²) in [5.74, 6) is 1.50. The number of halogens is 4. The lowest BCUT2D eigenvalue weighted by molar-refractivity contribution is -0.137. The number of aromatic amines is 1. The monoisotopic (exact) mass is 643 g/mol. The van der Waals surface area contributed by atoms with Gasteiger partial charge in [0.05, 0.1) is 22.4 Å². The number of piperidine rings is 1. The fourth-order valence-electron chi connectivity index (χ4n) is 5.70. The molecule has 1 aromatic heterocycles. The Hall–Kier alpha value is -3.54. The number of carbonyl (C=O) groups is 1. The molecule has 2 N–H and O–H groups in total. The Labute approximate surface area is 263 Å². The average molecular weight is 644 g/mol. The van der Waals surface area contributed by atoms with Crippen LogP contribution in [0.25, 0.3) is 10.2 Å². The van der Waals surface area contributed by atoms with E-state index in [1.165, 1.54) is 29.8 Å². The van der Waals surface area contributed by atoms with Gasteiger partial charge in [-0.05, 0) is 111 Å². The van der Waals surface area contributed by atoms with Gasteiger partial charge >= 0.3 is 11.0 Å². The number of likely N-dealkylation sites (tertiary alicyclic amines) is 1. The van der Waals surface area contributed by atoms with Crippen molar-refractivity contribution < 1.29 is 27.1 Å². The van der Waals surface area contributed by atoms with Crippen LogP contribution in [0.4, 0.5) is 17.6 Å². The SMILES string of the molecule is FC(F)(F)c1ccc(OCC2CCNC2)cc1.O=C(CCN1CCC(Cc2ccc(F)cc2)CC1)c1ccc2[nH]c(=O)sc2c1. The summed E-state index contributed by atoms with van der Waals surface area (Å²) in [4.78, 5) is 29.0. The molecule has 45 heavy (non-hydrogen) atoms. The van der Waals surface area contributed by atoms with Crippen molar-refractivity contribution >= 4 is 27.3 Å². The van der Waals surface area contributed by atoms with Crippen molar-refractivity contribution in [2.75, 3.05) is 39.3 Å². The molecule has 6 nitrogen and oxygen atoms in total. The number of benzene rings is 3. The van der Waals surface area contributed by atoms with E-state index in [-0.39, 0.29) is 16.5 Å². The topological polar surface area (TPSA) is 74.4 Å². The number of rotatable bonds is 9. The molecule has 2 fully saturated rings. The summed E-state index contributed by atoms with van der Waals surface area (Å²) in [6.07, 6.45) is 0.470. The second kappa shape index (κ2) is 15.2. The first-order valence-corrected chi connectivity index (χ1v) is 16.1. The minimum atomic E-state index is -4.28. The molecule has 0 amide bonds. The van der Waals surface area contributed by atoms with E-state index in [1.54, 1.807) is 12.1 Å². The molecule has 0 saturated carbocycles. The number of ether oxygens (including phenoxy) is 1. The third-order valence-corrected chi connectivity index (χ3v) is 9.22.